The summed E-state index contributed by atoms with van der Waals surface area (Å²) in [7, 11) is -3.54. The summed E-state index contributed by atoms with van der Waals surface area (Å²) in [4.78, 5) is 4.56. The lowest BCUT2D eigenvalue weighted by Gasteiger charge is -2.08. The quantitative estimate of drug-likeness (QED) is 0.706. The van der Waals surface area contributed by atoms with E-state index in [4.69, 9.17) is 0 Å². The highest BCUT2D eigenvalue weighted by molar-refractivity contribution is 7.89. The molecule has 7 heteroatoms. The Morgan fingerprint density at radius 1 is 1.08 bits per heavy atom. The molecular weight excluding hydrogens is 336 g/mol. The van der Waals surface area contributed by atoms with Crippen molar-refractivity contribution in [3.63, 3.8) is 0 Å². The Labute approximate surface area is 147 Å². The van der Waals surface area contributed by atoms with E-state index in [1.165, 1.54) is 0 Å². The summed E-state index contributed by atoms with van der Waals surface area (Å²) in [6.07, 6.45) is 7.10. The number of sulfonamides is 1. The average Bonchev–Trinajstić information content (AvgIpc) is 3.16. The average molecular weight is 356 g/mol. The third-order valence-corrected chi connectivity index (χ3v) is 5.20. The molecule has 0 aliphatic heterocycles. The second-order valence-electron chi connectivity index (χ2n) is 5.69. The zero-order chi connectivity index (χ0) is 17.7. The standard InChI is InChI=1S/C18H20N4O2S/c1-2-4-15-5-8-17(9-6-15)25(23,24)21-14-16-7-10-18(19-13-16)22-12-3-11-20-22/h3,5-13,21H,2,4,14H2,1H3. The van der Waals surface area contributed by atoms with Gasteiger partial charge >= 0.3 is 0 Å². The molecule has 0 atom stereocenters. The van der Waals surface area contributed by atoms with Gasteiger partial charge in [0.25, 0.3) is 0 Å². The Balaban J connectivity index is 1.65. The number of aryl methyl sites for hydroxylation is 1. The Kier molecular flexibility index (Phi) is 5.25. The lowest BCUT2D eigenvalue weighted by Crippen LogP contribution is -2.23. The van der Waals surface area contributed by atoms with Crippen molar-refractivity contribution in [2.45, 2.75) is 31.2 Å². The van der Waals surface area contributed by atoms with Gasteiger partial charge in [-0.05, 0) is 41.8 Å². The first kappa shape index (κ1) is 17.3. The van der Waals surface area contributed by atoms with E-state index in [1.54, 1.807) is 41.5 Å². The van der Waals surface area contributed by atoms with Gasteiger partial charge in [0.1, 0.15) is 0 Å². The molecule has 0 unspecified atom stereocenters. The van der Waals surface area contributed by atoms with Crippen LogP contribution in [-0.4, -0.2) is 23.2 Å². The summed E-state index contributed by atoms with van der Waals surface area (Å²) in [5, 5.41) is 4.10. The molecule has 0 radical (unpaired) electrons. The monoisotopic (exact) mass is 356 g/mol. The van der Waals surface area contributed by atoms with Crippen molar-refractivity contribution in [1.82, 2.24) is 19.5 Å². The second kappa shape index (κ2) is 7.58. The van der Waals surface area contributed by atoms with Gasteiger partial charge in [-0.15, -0.1) is 0 Å². The number of hydrogen-bond donors (Lipinski definition) is 1. The molecule has 0 saturated heterocycles. The van der Waals surface area contributed by atoms with Gasteiger partial charge in [0.2, 0.25) is 10.0 Å². The smallest absolute Gasteiger partial charge is 0.237 e. The summed E-state index contributed by atoms with van der Waals surface area (Å²) < 4.78 is 29.0. The van der Waals surface area contributed by atoms with Gasteiger partial charge in [0, 0.05) is 25.1 Å². The zero-order valence-electron chi connectivity index (χ0n) is 14.0. The van der Waals surface area contributed by atoms with Crippen LogP contribution in [0.2, 0.25) is 0 Å². The highest BCUT2D eigenvalue weighted by atomic mass is 32.2. The summed E-state index contributed by atoms with van der Waals surface area (Å²) in [6.45, 7) is 2.28. The summed E-state index contributed by atoms with van der Waals surface area (Å²) in [5.41, 5.74) is 1.92. The molecule has 0 amide bonds. The number of hydrogen-bond acceptors (Lipinski definition) is 4. The van der Waals surface area contributed by atoms with Gasteiger partial charge in [-0.1, -0.05) is 31.5 Å². The van der Waals surface area contributed by atoms with Crippen molar-refractivity contribution < 1.29 is 8.42 Å². The predicted molar refractivity (Wildman–Crippen MR) is 95.8 cm³/mol. The van der Waals surface area contributed by atoms with E-state index in [1.807, 2.05) is 24.3 Å². The number of nitrogens with zero attached hydrogens (tertiary/aromatic N) is 3. The van der Waals surface area contributed by atoms with E-state index in [9.17, 15) is 8.42 Å². The van der Waals surface area contributed by atoms with E-state index >= 15 is 0 Å². The first-order valence-electron chi connectivity index (χ1n) is 8.12. The van der Waals surface area contributed by atoms with Crippen LogP contribution in [0.1, 0.15) is 24.5 Å². The minimum Gasteiger partial charge on any atom is -0.237 e. The van der Waals surface area contributed by atoms with Crippen LogP contribution < -0.4 is 4.72 Å². The Bertz CT molecular complexity index is 903. The maximum atomic E-state index is 12.4. The topological polar surface area (TPSA) is 76.9 Å². The minimum atomic E-state index is -3.54. The Morgan fingerprint density at radius 3 is 2.44 bits per heavy atom. The maximum Gasteiger partial charge on any atom is 0.240 e. The minimum absolute atomic E-state index is 0.186. The molecule has 0 saturated carbocycles. The third-order valence-electron chi connectivity index (χ3n) is 3.79. The van der Waals surface area contributed by atoms with Crippen LogP contribution in [0, 0.1) is 0 Å². The first-order valence-corrected chi connectivity index (χ1v) is 9.60. The number of pyridine rings is 1. The lowest BCUT2D eigenvalue weighted by molar-refractivity contribution is 0.581. The Hall–Kier alpha value is -2.51. The molecule has 3 rings (SSSR count). The van der Waals surface area contributed by atoms with Crippen molar-refractivity contribution in [3.8, 4) is 5.82 Å². The van der Waals surface area contributed by atoms with Crippen LogP contribution in [-0.2, 0) is 23.0 Å². The summed E-state index contributed by atoms with van der Waals surface area (Å²) in [6, 6.07) is 12.5. The number of aromatic nitrogens is 3. The van der Waals surface area contributed by atoms with Gasteiger partial charge in [0.05, 0.1) is 4.90 Å². The molecule has 25 heavy (non-hydrogen) atoms. The molecule has 6 nitrogen and oxygen atoms in total. The molecule has 0 aliphatic rings. The molecule has 0 spiro atoms. The van der Waals surface area contributed by atoms with Crippen molar-refractivity contribution in [2.75, 3.05) is 0 Å². The molecule has 0 fully saturated rings. The molecule has 130 valence electrons. The maximum absolute atomic E-state index is 12.4. The SMILES string of the molecule is CCCc1ccc(S(=O)(=O)NCc2ccc(-n3cccn3)nc2)cc1. The molecule has 0 aliphatic carbocycles. The molecule has 1 N–H and O–H groups in total. The fraction of sp³-hybridized carbons (Fsp3) is 0.222. The van der Waals surface area contributed by atoms with E-state index in [-0.39, 0.29) is 11.4 Å². The van der Waals surface area contributed by atoms with E-state index < -0.39 is 10.0 Å². The predicted octanol–water partition coefficient (Wildman–Crippen LogP) is 2.70. The van der Waals surface area contributed by atoms with Crippen molar-refractivity contribution in [3.05, 3.63) is 72.2 Å². The van der Waals surface area contributed by atoms with E-state index in [0.29, 0.717) is 5.82 Å². The zero-order valence-corrected chi connectivity index (χ0v) is 14.8. The van der Waals surface area contributed by atoms with Gasteiger partial charge in [-0.25, -0.2) is 22.8 Å². The van der Waals surface area contributed by atoms with Crippen LogP contribution in [0.3, 0.4) is 0 Å². The molecular formula is C18H20N4O2S. The van der Waals surface area contributed by atoms with Crippen LogP contribution in [0.4, 0.5) is 0 Å². The van der Waals surface area contributed by atoms with Gasteiger partial charge in [-0.3, -0.25) is 0 Å². The van der Waals surface area contributed by atoms with Crippen LogP contribution >= 0.6 is 0 Å². The van der Waals surface area contributed by atoms with Gasteiger partial charge in [0.15, 0.2) is 5.82 Å². The van der Waals surface area contributed by atoms with E-state index in [0.717, 1.165) is 24.0 Å². The first-order chi connectivity index (χ1) is 12.1. The Morgan fingerprint density at radius 2 is 1.84 bits per heavy atom. The second-order valence-corrected chi connectivity index (χ2v) is 7.46. The molecule has 2 aromatic heterocycles. The normalized spacial score (nSPS) is 11.6. The number of nitrogens with one attached hydrogen (secondary N) is 1. The molecule has 1 aromatic carbocycles. The highest BCUT2D eigenvalue weighted by Gasteiger charge is 2.13. The number of rotatable bonds is 7. The number of benzene rings is 1. The highest BCUT2D eigenvalue weighted by Crippen LogP contribution is 2.13. The van der Waals surface area contributed by atoms with Crippen molar-refractivity contribution in [1.29, 1.82) is 0 Å². The fourth-order valence-corrected chi connectivity index (χ4v) is 3.46. The third kappa shape index (κ3) is 4.32. The van der Waals surface area contributed by atoms with E-state index in [2.05, 4.69) is 21.7 Å². The summed E-state index contributed by atoms with van der Waals surface area (Å²) >= 11 is 0. The summed E-state index contributed by atoms with van der Waals surface area (Å²) in [5.74, 6) is 0.683. The molecule has 3 aromatic rings. The van der Waals surface area contributed by atoms with Crippen molar-refractivity contribution >= 4 is 10.0 Å². The largest absolute Gasteiger partial charge is 0.240 e. The van der Waals surface area contributed by atoms with Crippen LogP contribution in [0.5, 0.6) is 0 Å². The lowest BCUT2D eigenvalue weighted by atomic mass is 10.1. The van der Waals surface area contributed by atoms with Gasteiger partial charge < -0.3 is 0 Å². The van der Waals surface area contributed by atoms with Gasteiger partial charge in [-0.2, -0.15) is 5.10 Å². The van der Waals surface area contributed by atoms with Crippen molar-refractivity contribution in [2.24, 2.45) is 0 Å². The molecule has 0 bridgehead atoms. The fourth-order valence-electron chi connectivity index (χ4n) is 2.45. The van der Waals surface area contributed by atoms with Crippen LogP contribution in [0.15, 0.2) is 66.0 Å². The van der Waals surface area contributed by atoms with Crippen LogP contribution in [0.25, 0.3) is 5.82 Å². The molecule has 2 heterocycles.